The molecule has 0 aliphatic rings. The molecular formula is C14H22ClNO2. The number of nitrogens with zero attached hydrogens (tertiary/aromatic N) is 1. The molecule has 0 heterocycles. The van der Waals surface area contributed by atoms with Crippen LogP contribution < -0.4 is 4.90 Å². The Morgan fingerprint density at radius 2 is 2.00 bits per heavy atom. The summed E-state index contributed by atoms with van der Waals surface area (Å²) in [7, 11) is 2.00. The van der Waals surface area contributed by atoms with E-state index >= 15 is 0 Å². The lowest BCUT2D eigenvalue weighted by Crippen LogP contribution is -2.19. The summed E-state index contributed by atoms with van der Waals surface area (Å²) >= 11 is 6.22. The largest absolute Gasteiger partial charge is 0.396 e. The molecule has 3 nitrogen and oxygen atoms in total. The van der Waals surface area contributed by atoms with Crippen molar-refractivity contribution in [3.8, 4) is 0 Å². The van der Waals surface area contributed by atoms with Gasteiger partial charge >= 0.3 is 0 Å². The molecule has 18 heavy (non-hydrogen) atoms. The van der Waals surface area contributed by atoms with Crippen molar-refractivity contribution in [3.63, 3.8) is 0 Å². The highest BCUT2D eigenvalue weighted by atomic mass is 35.5. The molecule has 0 aliphatic heterocycles. The highest BCUT2D eigenvalue weighted by Gasteiger charge is 2.08. The van der Waals surface area contributed by atoms with E-state index in [1.165, 1.54) is 0 Å². The average Bonchev–Trinajstić information content (AvgIpc) is 2.34. The van der Waals surface area contributed by atoms with E-state index in [-0.39, 0.29) is 6.61 Å². The minimum absolute atomic E-state index is 0.257. The summed E-state index contributed by atoms with van der Waals surface area (Å²) in [6.07, 6.45) is 2.41. The number of benzene rings is 1. The molecule has 0 aliphatic carbocycles. The number of hydrogen-bond acceptors (Lipinski definition) is 3. The zero-order valence-corrected chi connectivity index (χ0v) is 11.8. The molecule has 4 heteroatoms. The maximum atomic E-state index is 9.48. The zero-order valence-electron chi connectivity index (χ0n) is 11.1. The summed E-state index contributed by atoms with van der Waals surface area (Å²) < 4.78 is 0. The van der Waals surface area contributed by atoms with E-state index in [1.54, 1.807) is 6.92 Å². The van der Waals surface area contributed by atoms with Crippen LogP contribution in [-0.4, -0.2) is 30.4 Å². The van der Waals surface area contributed by atoms with Gasteiger partial charge < -0.3 is 15.1 Å². The number of halogens is 1. The number of anilines is 1. The molecule has 0 bridgehead atoms. The van der Waals surface area contributed by atoms with E-state index in [9.17, 15) is 5.11 Å². The zero-order chi connectivity index (χ0) is 13.5. The minimum atomic E-state index is -0.494. The Labute approximate surface area is 114 Å². The van der Waals surface area contributed by atoms with Crippen molar-refractivity contribution >= 4 is 17.3 Å². The Bertz CT molecular complexity index is 369. The third-order valence-electron chi connectivity index (χ3n) is 3.02. The topological polar surface area (TPSA) is 43.7 Å². The molecule has 1 unspecified atom stereocenters. The first-order valence-electron chi connectivity index (χ1n) is 6.35. The third kappa shape index (κ3) is 4.48. The van der Waals surface area contributed by atoms with E-state index in [4.69, 9.17) is 16.7 Å². The molecule has 0 amide bonds. The highest BCUT2D eigenvalue weighted by Crippen LogP contribution is 2.28. The first kappa shape index (κ1) is 15.3. The van der Waals surface area contributed by atoms with Crippen molar-refractivity contribution in [1.29, 1.82) is 0 Å². The third-order valence-corrected chi connectivity index (χ3v) is 3.32. The van der Waals surface area contributed by atoms with Crippen LogP contribution in [0, 0.1) is 0 Å². The molecule has 0 saturated heterocycles. The monoisotopic (exact) mass is 271 g/mol. The minimum Gasteiger partial charge on any atom is -0.396 e. The Morgan fingerprint density at radius 1 is 1.28 bits per heavy atom. The van der Waals surface area contributed by atoms with Crippen LogP contribution in [0.4, 0.5) is 5.69 Å². The van der Waals surface area contributed by atoms with Crippen LogP contribution >= 0.6 is 11.6 Å². The van der Waals surface area contributed by atoms with Crippen molar-refractivity contribution in [2.45, 2.75) is 32.3 Å². The summed E-state index contributed by atoms with van der Waals surface area (Å²) in [4.78, 5) is 2.10. The number of aliphatic hydroxyl groups excluding tert-OH is 2. The normalized spacial score (nSPS) is 12.5. The van der Waals surface area contributed by atoms with Crippen LogP contribution in [0.2, 0.25) is 5.02 Å². The summed E-state index contributed by atoms with van der Waals surface area (Å²) in [6.45, 7) is 2.89. The van der Waals surface area contributed by atoms with Gasteiger partial charge in [0.05, 0.1) is 16.8 Å². The van der Waals surface area contributed by atoms with Crippen LogP contribution in [0.25, 0.3) is 0 Å². The molecule has 1 rings (SSSR count). The Kier molecular flexibility index (Phi) is 6.47. The fourth-order valence-electron chi connectivity index (χ4n) is 1.85. The van der Waals surface area contributed by atoms with Gasteiger partial charge in [-0.05, 0) is 43.9 Å². The highest BCUT2D eigenvalue weighted by molar-refractivity contribution is 6.33. The van der Waals surface area contributed by atoms with Crippen molar-refractivity contribution in [2.24, 2.45) is 0 Å². The Balaban J connectivity index is 2.60. The molecule has 2 N–H and O–H groups in total. The van der Waals surface area contributed by atoms with E-state index in [0.717, 1.165) is 37.1 Å². The van der Waals surface area contributed by atoms with Gasteiger partial charge in [0.25, 0.3) is 0 Å². The molecule has 1 aromatic carbocycles. The predicted molar refractivity (Wildman–Crippen MR) is 76.3 cm³/mol. The van der Waals surface area contributed by atoms with Gasteiger partial charge in [-0.15, -0.1) is 0 Å². The first-order chi connectivity index (χ1) is 8.56. The lowest BCUT2D eigenvalue weighted by Gasteiger charge is -2.21. The number of aliphatic hydroxyl groups is 2. The fraction of sp³-hybridized carbons (Fsp3) is 0.571. The standard InChI is InChI=1S/C14H22ClNO2/c1-11(18)12-6-7-14(13(15)10-12)16(2)8-4-3-5-9-17/h6-7,10-11,17-18H,3-5,8-9H2,1-2H3. The number of rotatable bonds is 7. The van der Waals surface area contributed by atoms with Crippen LogP contribution in [0.5, 0.6) is 0 Å². The summed E-state index contributed by atoms with van der Waals surface area (Å²) in [5.41, 5.74) is 1.81. The second-order valence-electron chi connectivity index (χ2n) is 4.59. The lowest BCUT2D eigenvalue weighted by atomic mass is 10.1. The van der Waals surface area contributed by atoms with Crippen LogP contribution in [0.3, 0.4) is 0 Å². The Morgan fingerprint density at radius 3 is 2.56 bits per heavy atom. The number of unbranched alkanes of at least 4 members (excludes halogenated alkanes) is 2. The average molecular weight is 272 g/mol. The molecular weight excluding hydrogens is 250 g/mol. The van der Waals surface area contributed by atoms with Gasteiger partial charge in [-0.3, -0.25) is 0 Å². The van der Waals surface area contributed by atoms with Crippen molar-refractivity contribution < 1.29 is 10.2 Å². The molecule has 0 spiro atoms. The molecule has 0 fully saturated rings. The summed E-state index contributed by atoms with van der Waals surface area (Å²) in [5, 5.41) is 18.9. The molecule has 0 radical (unpaired) electrons. The van der Waals surface area contributed by atoms with Gasteiger partial charge in [0.1, 0.15) is 0 Å². The predicted octanol–water partition coefficient (Wildman–Crippen LogP) is 2.99. The van der Waals surface area contributed by atoms with Crippen molar-refractivity contribution in [3.05, 3.63) is 28.8 Å². The van der Waals surface area contributed by atoms with Crippen LogP contribution in [0.15, 0.2) is 18.2 Å². The van der Waals surface area contributed by atoms with Crippen LogP contribution in [0.1, 0.15) is 37.9 Å². The second-order valence-corrected chi connectivity index (χ2v) is 5.00. The molecule has 1 aromatic rings. The molecule has 102 valence electrons. The van der Waals surface area contributed by atoms with Crippen LogP contribution in [-0.2, 0) is 0 Å². The van der Waals surface area contributed by atoms with Gasteiger partial charge in [-0.2, -0.15) is 0 Å². The van der Waals surface area contributed by atoms with Gasteiger partial charge in [-0.25, -0.2) is 0 Å². The summed E-state index contributed by atoms with van der Waals surface area (Å²) in [5.74, 6) is 0. The SMILES string of the molecule is CC(O)c1ccc(N(C)CCCCCO)c(Cl)c1. The van der Waals surface area contributed by atoms with E-state index in [2.05, 4.69) is 4.90 Å². The smallest absolute Gasteiger partial charge is 0.0762 e. The van der Waals surface area contributed by atoms with Gasteiger partial charge in [0.2, 0.25) is 0 Å². The van der Waals surface area contributed by atoms with E-state index in [1.807, 2.05) is 25.2 Å². The summed E-state index contributed by atoms with van der Waals surface area (Å²) in [6, 6.07) is 5.65. The lowest BCUT2D eigenvalue weighted by molar-refractivity contribution is 0.199. The van der Waals surface area contributed by atoms with Crippen molar-refractivity contribution in [2.75, 3.05) is 25.1 Å². The van der Waals surface area contributed by atoms with E-state index < -0.39 is 6.10 Å². The maximum absolute atomic E-state index is 9.48. The maximum Gasteiger partial charge on any atom is 0.0762 e. The quantitative estimate of drug-likeness (QED) is 0.750. The molecule has 0 saturated carbocycles. The molecule has 1 atom stereocenters. The second kappa shape index (κ2) is 7.62. The van der Waals surface area contributed by atoms with E-state index in [0.29, 0.717) is 5.02 Å². The van der Waals surface area contributed by atoms with Gasteiger partial charge in [0.15, 0.2) is 0 Å². The van der Waals surface area contributed by atoms with Gasteiger partial charge in [0, 0.05) is 20.2 Å². The number of hydrogen-bond donors (Lipinski definition) is 2. The van der Waals surface area contributed by atoms with Crippen molar-refractivity contribution in [1.82, 2.24) is 0 Å². The molecule has 0 aromatic heterocycles. The first-order valence-corrected chi connectivity index (χ1v) is 6.73. The fourth-order valence-corrected chi connectivity index (χ4v) is 2.18. The van der Waals surface area contributed by atoms with Gasteiger partial charge in [-0.1, -0.05) is 17.7 Å². The Hall–Kier alpha value is -0.770.